The second kappa shape index (κ2) is 6.89. The molecular formula is C15H24N4O3. The topological polar surface area (TPSA) is 97.0 Å². The highest BCUT2D eigenvalue weighted by atomic mass is 16.5. The molecule has 122 valence electrons. The summed E-state index contributed by atoms with van der Waals surface area (Å²) in [7, 11) is 0. The number of carbonyl (C=O) groups excluding carboxylic acids is 2. The zero-order valence-corrected chi connectivity index (χ0v) is 13.4. The van der Waals surface area contributed by atoms with Crippen LogP contribution in [0.1, 0.15) is 62.9 Å². The van der Waals surface area contributed by atoms with Crippen LogP contribution in [0.5, 0.6) is 0 Å². The van der Waals surface area contributed by atoms with Crippen molar-refractivity contribution in [1.29, 1.82) is 0 Å². The number of ether oxygens (including phenoxy) is 1. The molecule has 0 spiro atoms. The molecule has 0 aromatic carbocycles. The molecule has 1 aliphatic carbocycles. The van der Waals surface area contributed by atoms with Crippen LogP contribution in [-0.4, -0.2) is 33.7 Å². The monoisotopic (exact) mass is 308 g/mol. The lowest BCUT2D eigenvalue weighted by atomic mass is 9.73. The molecule has 1 aliphatic rings. The van der Waals surface area contributed by atoms with Crippen LogP contribution in [0.25, 0.3) is 0 Å². The Morgan fingerprint density at radius 1 is 1.36 bits per heavy atom. The Kier molecular flexibility index (Phi) is 5.15. The minimum atomic E-state index is -0.564. The highest BCUT2D eigenvalue weighted by molar-refractivity contribution is 5.85. The van der Waals surface area contributed by atoms with Crippen LogP contribution in [0, 0.1) is 11.3 Å². The smallest absolute Gasteiger partial charge is 0.378 e. The molecule has 2 N–H and O–H groups in total. The number of aromatic amines is 1. The molecule has 22 heavy (non-hydrogen) atoms. The summed E-state index contributed by atoms with van der Waals surface area (Å²) in [5.41, 5.74) is 0.344. The van der Waals surface area contributed by atoms with Gasteiger partial charge in [-0.1, -0.05) is 13.8 Å². The fraction of sp³-hybridized carbons (Fsp3) is 0.733. The largest absolute Gasteiger partial charge is 0.460 e. The molecule has 2 rings (SSSR count). The van der Waals surface area contributed by atoms with Gasteiger partial charge in [-0.15, -0.1) is 5.10 Å². The normalized spacial score (nSPS) is 18.0. The van der Waals surface area contributed by atoms with Gasteiger partial charge < -0.3 is 10.1 Å². The minimum Gasteiger partial charge on any atom is -0.460 e. The van der Waals surface area contributed by atoms with Crippen molar-refractivity contribution in [3.8, 4) is 0 Å². The van der Waals surface area contributed by atoms with Gasteiger partial charge in [0.2, 0.25) is 5.91 Å². The number of esters is 1. The Balaban J connectivity index is 1.80. The first kappa shape index (κ1) is 16.5. The van der Waals surface area contributed by atoms with Gasteiger partial charge in [-0.25, -0.2) is 9.78 Å². The Bertz CT molecular complexity index is 529. The number of nitrogens with one attached hydrogen (secondary N) is 2. The molecule has 1 amide bonds. The van der Waals surface area contributed by atoms with Crippen LogP contribution >= 0.6 is 0 Å². The summed E-state index contributed by atoms with van der Waals surface area (Å²) < 4.78 is 4.81. The lowest BCUT2D eigenvalue weighted by Crippen LogP contribution is -2.34. The first-order valence-corrected chi connectivity index (χ1v) is 7.77. The van der Waals surface area contributed by atoms with E-state index in [1.165, 1.54) is 0 Å². The van der Waals surface area contributed by atoms with E-state index >= 15 is 0 Å². The molecule has 0 unspecified atom stereocenters. The Morgan fingerprint density at radius 3 is 2.68 bits per heavy atom. The molecule has 7 heteroatoms. The summed E-state index contributed by atoms with van der Waals surface area (Å²) in [5.74, 6) is -0.00560. The molecular weight excluding hydrogens is 284 g/mol. The average Bonchev–Trinajstić information content (AvgIpc) is 2.94. The Morgan fingerprint density at radius 2 is 2.05 bits per heavy atom. The minimum absolute atomic E-state index is 0.00878. The number of hydrogen-bond acceptors (Lipinski definition) is 5. The first-order chi connectivity index (χ1) is 10.4. The van der Waals surface area contributed by atoms with E-state index in [0.29, 0.717) is 11.2 Å². The van der Waals surface area contributed by atoms with Crippen molar-refractivity contribution in [2.24, 2.45) is 11.3 Å². The summed E-state index contributed by atoms with van der Waals surface area (Å²) in [5, 5.41) is 9.28. The highest BCUT2D eigenvalue weighted by Crippen LogP contribution is 2.37. The van der Waals surface area contributed by atoms with E-state index < -0.39 is 5.97 Å². The first-order valence-electron chi connectivity index (χ1n) is 7.77. The van der Waals surface area contributed by atoms with E-state index in [1.54, 1.807) is 6.92 Å². The maximum absolute atomic E-state index is 12.2. The lowest BCUT2D eigenvalue weighted by molar-refractivity contribution is -0.126. The van der Waals surface area contributed by atoms with Gasteiger partial charge in [0, 0.05) is 5.92 Å². The molecule has 7 nitrogen and oxygen atoms in total. The quantitative estimate of drug-likeness (QED) is 0.809. The standard InChI is InChI=1S/C15H24N4O3/c1-4-22-14(21)12-17-11(18-19-12)9-16-13(20)10-5-7-15(2,3)8-6-10/h10H,4-9H2,1-3H3,(H,16,20)(H,17,18,19). The molecule has 1 heterocycles. The van der Waals surface area contributed by atoms with Crippen LogP contribution < -0.4 is 5.32 Å². The van der Waals surface area contributed by atoms with Gasteiger partial charge in [0.15, 0.2) is 0 Å². The van der Waals surface area contributed by atoms with Gasteiger partial charge in [0.25, 0.3) is 5.82 Å². The van der Waals surface area contributed by atoms with Crippen molar-refractivity contribution in [3.05, 3.63) is 11.6 Å². The molecule has 1 aromatic heterocycles. The van der Waals surface area contributed by atoms with Crippen molar-refractivity contribution in [1.82, 2.24) is 20.5 Å². The summed E-state index contributed by atoms with van der Waals surface area (Å²) >= 11 is 0. The van der Waals surface area contributed by atoms with E-state index in [2.05, 4.69) is 34.3 Å². The summed E-state index contributed by atoms with van der Waals surface area (Å²) in [6.45, 7) is 6.72. The number of aromatic nitrogens is 3. The Hall–Kier alpha value is -1.92. The van der Waals surface area contributed by atoms with Crippen molar-refractivity contribution in [3.63, 3.8) is 0 Å². The maximum atomic E-state index is 12.2. The third-order valence-electron chi connectivity index (χ3n) is 4.13. The van der Waals surface area contributed by atoms with Gasteiger partial charge in [-0.05, 0) is 38.0 Å². The summed E-state index contributed by atoms with van der Waals surface area (Å²) in [6, 6.07) is 0. The Labute approximate surface area is 130 Å². The van der Waals surface area contributed by atoms with Gasteiger partial charge in [-0.3, -0.25) is 9.89 Å². The van der Waals surface area contributed by atoms with Crippen LogP contribution in [0.2, 0.25) is 0 Å². The molecule has 0 saturated heterocycles. The third-order valence-corrected chi connectivity index (χ3v) is 4.13. The van der Waals surface area contributed by atoms with E-state index in [9.17, 15) is 9.59 Å². The highest BCUT2D eigenvalue weighted by Gasteiger charge is 2.30. The number of H-pyrrole nitrogens is 1. The van der Waals surface area contributed by atoms with E-state index in [1.807, 2.05) is 0 Å². The average molecular weight is 308 g/mol. The molecule has 0 atom stereocenters. The fourth-order valence-corrected chi connectivity index (χ4v) is 2.64. The van der Waals surface area contributed by atoms with E-state index in [-0.39, 0.29) is 30.8 Å². The van der Waals surface area contributed by atoms with Crippen molar-refractivity contribution < 1.29 is 14.3 Å². The molecule has 1 saturated carbocycles. The van der Waals surface area contributed by atoms with Crippen molar-refractivity contribution >= 4 is 11.9 Å². The zero-order chi connectivity index (χ0) is 16.2. The predicted octanol–water partition coefficient (Wildman–Crippen LogP) is 1.81. The SMILES string of the molecule is CCOC(=O)c1n[nH]c(CNC(=O)C2CCC(C)(C)CC2)n1. The van der Waals surface area contributed by atoms with Crippen LogP contribution in [0.4, 0.5) is 0 Å². The number of hydrogen-bond donors (Lipinski definition) is 2. The lowest BCUT2D eigenvalue weighted by Gasteiger charge is -2.33. The van der Waals surface area contributed by atoms with Gasteiger partial charge in [-0.2, -0.15) is 0 Å². The number of carbonyl (C=O) groups is 2. The number of amides is 1. The molecule has 0 bridgehead atoms. The van der Waals surface area contributed by atoms with Gasteiger partial charge >= 0.3 is 5.97 Å². The van der Waals surface area contributed by atoms with Crippen LogP contribution in [0.15, 0.2) is 0 Å². The molecule has 1 fully saturated rings. The van der Waals surface area contributed by atoms with Crippen molar-refractivity contribution in [2.45, 2.75) is 53.0 Å². The van der Waals surface area contributed by atoms with Crippen LogP contribution in [0.3, 0.4) is 0 Å². The van der Waals surface area contributed by atoms with E-state index in [4.69, 9.17) is 4.74 Å². The van der Waals surface area contributed by atoms with Crippen LogP contribution in [-0.2, 0) is 16.1 Å². The number of rotatable bonds is 5. The summed E-state index contributed by atoms with van der Waals surface area (Å²) in [4.78, 5) is 27.6. The van der Waals surface area contributed by atoms with Gasteiger partial charge in [0.05, 0.1) is 13.2 Å². The third kappa shape index (κ3) is 4.29. The fourth-order valence-electron chi connectivity index (χ4n) is 2.64. The molecule has 1 aromatic rings. The second-order valence-corrected chi connectivity index (χ2v) is 6.48. The van der Waals surface area contributed by atoms with Gasteiger partial charge in [0.1, 0.15) is 5.82 Å². The zero-order valence-electron chi connectivity index (χ0n) is 13.4. The molecule has 0 aliphatic heterocycles. The van der Waals surface area contributed by atoms with Crippen molar-refractivity contribution in [2.75, 3.05) is 6.61 Å². The predicted molar refractivity (Wildman–Crippen MR) is 79.9 cm³/mol. The summed E-state index contributed by atoms with van der Waals surface area (Å²) in [6.07, 6.45) is 3.98. The maximum Gasteiger partial charge on any atom is 0.378 e. The molecule has 0 radical (unpaired) electrons. The second-order valence-electron chi connectivity index (χ2n) is 6.48. The number of nitrogens with zero attached hydrogens (tertiary/aromatic N) is 2. The van der Waals surface area contributed by atoms with E-state index in [0.717, 1.165) is 25.7 Å².